The number of rotatable bonds is 17. The summed E-state index contributed by atoms with van der Waals surface area (Å²) in [6.07, 6.45) is 3.91. The van der Waals surface area contributed by atoms with Crippen molar-refractivity contribution in [1.82, 2.24) is 21.3 Å². The molecule has 0 aliphatic rings. The molecule has 0 aromatic rings. The van der Waals surface area contributed by atoms with Crippen LogP contribution in [0, 0.1) is 0 Å². The van der Waals surface area contributed by atoms with Gasteiger partial charge >= 0.3 is 6.09 Å². The van der Waals surface area contributed by atoms with Crippen LogP contribution in [0.2, 0.25) is 0 Å². The number of amides is 5. The minimum atomic E-state index is -0.952. The second-order valence-corrected chi connectivity index (χ2v) is 7.54. The summed E-state index contributed by atoms with van der Waals surface area (Å²) < 4.78 is 4.77. The Hall–Kier alpha value is -3.15. The molecule has 0 aromatic carbocycles. The number of nitrogens with one attached hydrogen (secondary N) is 4. The van der Waals surface area contributed by atoms with Gasteiger partial charge in [-0.1, -0.05) is 12.7 Å². The average molecular weight is 471 g/mol. The van der Waals surface area contributed by atoms with E-state index in [0.717, 1.165) is 0 Å². The molecule has 12 nitrogen and oxygen atoms in total. The Bertz CT molecular complexity index is 672. The molecule has 0 spiro atoms. The summed E-state index contributed by atoms with van der Waals surface area (Å²) in [6, 6.07) is -2.67. The SMILES string of the molecule is C=CCOC(=O)NCCCC[C@H](NC(=O)[C@H](C)NC(=O)[C@H](CCCCN)NC(C)=O)C(N)=O. The molecule has 0 fully saturated rings. The maximum atomic E-state index is 12.5. The number of carbonyl (C=O) groups excluding carboxylic acids is 5. The van der Waals surface area contributed by atoms with Crippen molar-refractivity contribution >= 4 is 29.7 Å². The highest BCUT2D eigenvalue weighted by Crippen LogP contribution is 2.04. The molecule has 33 heavy (non-hydrogen) atoms. The maximum absolute atomic E-state index is 12.5. The lowest BCUT2D eigenvalue weighted by Crippen LogP contribution is -2.55. The lowest BCUT2D eigenvalue weighted by molar-refractivity contribution is -0.132. The van der Waals surface area contributed by atoms with Gasteiger partial charge in [0.2, 0.25) is 23.6 Å². The van der Waals surface area contributed by atoms with Crippen molar-refractivity contribution in [2.75, 3.05) is 19.7 Å². The molecule has 0 unspecified atom stereocenters. The van der Waals surface area contributed by atoms with Crippen molar-refractivity contribution in [1.29, 1.82) is 0 Å². The Kier molecular flexibility index (Phi) is 15.7. The standard InChI is InChI=1S/C21H38N6O6/c1-4-13-33-21(32)24-12-8-6-9-16(18(23)29)27-19(30)14(2)25-20(31)17(26-15(3)28)10-5-7-11-22/h4,14,16-17H,1,5-13,22H2,2-3H3,(H2,23,29)(H,24,32)(H,25,31)(H,26,28)(H,27,30)/t14-,16-,17-/m0/s1. The van der Waals surface area contributed by atoms with Gasteiger partial charge in [-0.3, -0.25) is 19.2 Å². The van der Waals surface area contributed by atoms with Crippen molar-refractivity contribution in [3.05, 3.63) is 12.7 Å². The second-order valence-electron chi connectivity index (χ2n) is 7.54. The van der Waals surface area contributed by atoms with E-state index in [4.69, 9.17) is 16.2 Å². The fourth-order valence-corrected chi connectivity index (χ4v) is 2.82. The summed E-state index contributed by atoms with van der Waals surface area (Å²) in [7, 11) is 0. The Morgan fingerprint density at radius 1 is 0.939 bits per heavy atom. The summed E-state index contributed by atoms with van der Waals surface area (Å²) in [5.74, 6) is -2.16. The topological polar surface area (TPSA) is 195 Å². The quantitative estimate of drug-likeness (QED) is 0.118. The van der Waals surface area contributed by atoms with Crippen LogP contribution in [0.1, 0.15) is 52.4 Å². The number of unbranched alkanes of at least 4 members (excludes halogenated alkanes) is 2. The van der Waals surface area contributed by atoms with E-state index in [2.05, 4.69) is 27.8 Å². The van der Waals surface area contributed by atoms with Gasteiger partial charge in [-0.15, -0.1) is 0 Å². The van der Waals surface area contributed by atoms with Gasteiger partial charge in [0, 0.05) is 13.5 Å². The van der Waals surface area contributed by atoms with Gasteiger partial charge in [-0.05, 0) is 52.0 Å². The third-order valence-electron chi connectivity index (χ3n) is 4.57. The van der Waals surface area contributed by atoms with Crippen LogP contribution in [-0.2, 0) is 23.9 Å². The van der Waals surface area contributed by atoms with Gasteiger partial charge in [-0.2, -0.15) is 0 Å². The van der Waals surface area contributed by atoms with Gasteiger partial charge in [0.15, 0.2) is 0 Å². The lowest BCUT2D eigenvalue weighted by atomic mass is 10.1. The minimum Gasteiger partial charge on any atom is -0.445 e. The number of hydrogen-bond donors (Lipinski definition) is 6. The van der Waals surface area contributed by atoms with E-state index in [1.54, 1.807) is 0 Å². The lowest BCUT2D eigenvalue weighted by Gasteiger charge is -2.22. The van der Waals surface area contributed by atoms with Gasteiger partial charge in [0.1, 0.15) is 24.7 Å². The van der Waals surface area contributed by atoms with Crippen LogP contribution in [0.4, 0.5) is 4.79 Å². The summed E-state index contributed by atoms with van der Waals surface area (Å²) in [5.41, 5.74) is 10.8. The van der Waals surface area contributed by atoms with E-state index in [1.165, 1.54) is 19.9 Å². The normalized spacial score (nSPS) is 13.1. The third-order valence-corrected chi connectivity index (χ3v) is 4.57. The first-order chi connectivity index (χ1) is 15.6. The first-order valence-electron chi connectivity index (χ1n) is 11.0. The Balaban J connectivity index is 4.58. The van der Waals surface area contributed by atoms with Crippen molar-refractivity contribution in [2.24, 2.45) is 11.5 Å². The zero-order valence-corrected chi connectivity index (χ0v) is 19.5. The van der Waals surface area contributed by atoms with Crippen molar-refractivity contribution in [3.8, 4) is 0 Å². The first-order valence-corrected chi connectivity index (χ1v) is 11.0. The molecule has 0 heterocycles. The molecule has 0 aliphatic carbocycles. The molecule has 0 aromatic heterocycles. The summed E-state index contributed by atoms with van der Waals surface area (Å²) in [6.45, 7) is 7.11. The maximum Gasteiger partial charge on any atom is 0.407 e. The van der Waals surface area contributed by atoms with Gasteiger partial charge in [0.25, 0.3) is 0 Å². The molecule has 12 heteroatoms. The highest BCUT2D eigenvalue weighted by molar-refractivity contribution is 5.93. The minimum absolute atomic E-state index is 0.107. The van der Waals surface area contributed by atoms with Crippen molar-refractivity contribution in [2.45, 2.75) is 70.5 Å². The fourth-order valence-electron chi connectivity index (χ4n) is 2.82. The highest BCUT2D eigenvalue weighted by atomic mass is 16.5. The van der Waals surface area contributed by atoms with Crippen molar-refractivity contribution < 1.29 is 28.7 Å². The molecule has 0 saturated heterocycles. The fraction of sp³-hybridized carbons (Fsp3) is 0.667. The van der Waals surface area contributed by atoms with Gasteiger partial charge in [-0.25, -0.2) is 4.79 Å². The molecule has 0 aliphatic heterocycles. The van der Waals surface area contributed by atoms with E-state index < -0.39 is 41.9 Å². The molecular weight excluding hydrogens is 432 g/mol. The average Bonchev–Trinajstić information content (AvgIpc) is 2.75. The summed E-state index contributed by atoms with van der Waals surface area (Å²) in [5, 5.41) is 10.2. The molecule has 0 saturated carbocycles. The largest absolute Gasteiger partial charge is 0.445 e. The molecule has 0 rings (SSSR count). The number of hydrogen-bond acceptors (Lipinski definition) is 7. The van der Waals surface area contributed by atoms with Crippen LogP contribution in [0.5, 0.6) is 0 Å². The molecular formula is C21H38N6O6. The number of ether oxygens (including phenoxy) is 1. The number of carbonyl (C=O) groups is 5. The zero-order valence-electron chi connectivity index (χ0n) is 19.5. The van der Waals surface area contributed by atoms with E-state index in [-0.39, 0.29) is 18.9 Å². The van der Waals surface area contributed by atoms with Gasteiger partial charge < -0.3 is 37.5 Å². The molecule has 0 bridgehead atoms. The van der Waals surface area contributed by atoms with Crippen LogP contribution in [0.3, 0.4) is 0 Å². The molecule has 3 atom stereocenters. The summed E-state index contributed by atoms with van der Waals surface area (Å²) in [4.78, 5) is 59.4. The smallest absolute Gasteiger partial charge is 0.407 e. The van der Waals surface area contributed by atoms with E-state index in [0.29, 0.717) is 45.2 Å². The number of primary amides is 1. The van der Waals surface area contributed by atoms with Crippen LogP contribution >= 0.6 is 0 Å². The predicted molar refractivity (Wildman–Crippen MR) is 123 cm³/mol. The Labute approximate surface area is 194 Å². The van der Waals surface area contributed by atoms with Crippen LogP contribution < -0.4 is 32.7 Å². The Morgan fingerprint density at radius 2 is 1.58 bits per heavy atom. The van der Waals surface area contributed by atoms with Crippen LogP contribution in [0.15, 0.2) is 12.7 Å². The number of nitrogens with two attached hydrogens (primary N) is 2. The summed E-state index contributed by atoms with van der Waals surface area (Å²) >= 11 is 0. The molecule has 188 valence electrons. The van der Waals surface area contributed by atoms with Gasteiger partial charge in [0.05, 0.1) is 0 Å². The second kappa shape index (κ2) is 17.4. The Morgan fingerprint density at radius 3 is 2.15 bits per heavy atom. The van der Waals surface area contributed by atoms with E-state index in [1.807, 2.05) is 0 Å². The first kappa shape index (κ1) is 29.9. The van der Waals surface area contributed by atoms with E-state index in [9.17, 15) is 24.0 Å². The number of alkyl carbamates (subject to hydrolysis) is 1. The molecule has 0 radical (unpaired) electrons. The monoisotopic (exact) mass is 470 g/mol. The highest BCUT2D eigenvalue weighted by Gasteiger charge is 2.25. The third kappa shape index (κ3) is 14.5. The predicted octanol–water partition coefficient (Wildman–Crippen LogP) is -0.823. The molecule has 5 amide bonds. The van der Waals surface area contributed by atoms with Crippen LogP contribution in [0.25, 0.3) is 0 Å². The molecule has 8 N–H and O–H groups in total. The van der Waals surface area contributed by atoms with E-state index >= 15 is 0 Å². The zero-order chi connectivity index (χ0) is 25.2. The van der Waals surface area contributed by atoms with Crippen LogP contribution in [-0.4, -0.2) is 67.5 Å². The van der Waals surface area contributed by atoms with Crippen molar-refractivity contribution in [3.63, 3.8) is 0 Å².